The molecule has 0 bridgehead atoms. The molecule has 0 aliphatic carbocycles. The average molecular weight is 506 g/mol. The maximum Gasteiger partial charge on any atom is 0.317 e. The number of carbonyl (C=O) groups is 1. The lowest BCUT2D eigenvalue weighted by Gasteiger charge is -2.15. The summed E-state index contributed by atoms with van der Waals surface area (Å²) in [7, 11) is 1.93. The van der Waals surface area contributed by atoms with E-state index in [1.807, 2.05) is 54.9 Å². The fourth-order valence-corrected chi connectivity index (χ4v) is 4.57. The standard InChI is InChI=1S/C27H23N9O2/c1-14-7-8-17-16(12-31-35-17)23(14)15-11-20(33-25(24(15)28)26(29)37)18-9-10-30-27(34-18)38-13-22-32-19-5-3-4-6-21(19)36(22)2/h3-12H,13,28H2,1-2H3,(H2,29,37)(H,31,35). The SMILES string of the molecule is Cc1ccc2[nH]ncc2c1-c1cc(-c2ccnc(OCc3nc4ccccc4n3C)n2)nc(C(N)=O)c1N. The normalized spacial score (nSPS) is 11.3. The van der Waals surface area contributed by atoms with E-state index in [0.717, 1.165) is 38.9 Å². The molecular formula is C27H23N9O2. The fraction of sp³-hybridized carbons (Fsp3) is 0.111. The number of aryl methyl sites for hydroxylation is 2. The van der Waals surface area contributed by atoms with Gasteiger partial charge in [0.15, 0.2) is 5.69 Å². The molecule has 0 radical (unpaired) electrons. The second-order valence-corrected chi connectivity index (χ2v) is 8.86. The van der Waals surface area contributed by atoms with E-state index in [-0.39, 0.29) is 24.0 Å². The summed E-state index contributed by atoms with van der Waals surface area (Å²) in [6, 6.07) is 15.3. The molecule has 11 nitrogen and oxygen atoms in total. The fourth-order valence-electron chi connectivity index (χ4n) is 4.57. The Bertz CT molecular complexity index is 1860. The molecule has 0 aliphatic rings. The first-order chi connectivity index (χ1) is 18.4. The summed E-state index contributed by atoms with van der Waals surface area (Å²) >= 11 is 0. The number of primary amides is 1. The van der Waals surface area contributed by atoms with E-state index in [1.54, 1.807) is 24.5 Å². The van der Waals surface area contributed by atoms with Crippen molar-refractivity contribution in [2.45, 2.75) is 13.5 Å². The van der Waals surface area contributed by atoms with Crippen LogP contribution in [-0.4, -0.2) is 40.6 Å². The molecule has 0 saturated carbocycles. The van der Waals surface area contributed by atoms with Crippen molar-refractivity contribution in [2.75, 3.05) is 5.73 Å². The lowest BCUT2D eigenvalue weighted by Crippen LogP contribution is -2.17. The van der Waals surface area contributed by atoms with E-state index in [4.69, 9.17) is 16.2 Å². The monoisotopic (exact) mass is 505 g/mol. The van der Waals surface area contributed by atoms with Gasteiger partial charge >= 0.3 is 6.01 Å². The number of aromatic amines is 1. The van der Waals surface area contributed by atoms with Gasteiger partial charge in [0.1, 0.15) is 12.4 Å². The van der Waals surface area contributed by atoms with E-state index in [9.17, 15) is 4.79 Å². The van der Waals surface area contributed by atoms with Crippen molar-refractivity contribution < 1.29 is 9.53 Å². The number of amides is 1. The quantitative estimate of drug-likeness (QED) is 0.309. The number of rotatable bonds is 6. The van der Waals surface area contributed by atoms with Crippen molar-refractivity contribution >= 4 is 33.5 Å². The number of nitrogens with one attached hydrogen (secondary N) is 1. The van der Waals surface area contributed by atoms with Crippen molar-refractivity contribution in [2.24, 2.45) is 12.8 Å². The Morgan fingerprint density at radius 1 is 1.08 bits per heavy atom. The number of aromatic nitrogens is 7. The summed E-state index contributed by atoms with van der Waals surface area (Å²) in [5, 5.41) is 7.98. The molecule has 6 aromatic rings. The zero-order chi connectivity index (χ0) is 26.4. The Morgan fingerprint density at radius 3 is 2.74 bits per heavy atom. The van der Waals surface area contributed by atoms with Gasteiger partial charge in [-0.3, -0.25) is 9.89 Å². The van der Waals surface area contributed by atoms with Crippen molar-refractivity contribution in [3.63, 3.8) is 0 Å². The highest BCUT2D eigenvalue weighted by Gasteiger charge is 2.20. The number of hydrogen-bond acceptors (Lipinski definition) is 8. The van der Waals surface area contributed by atoms with Crippen LogP contribution >= 0.6 is 0 Å². The average Bonchev–Trinajstić information content (AvgIpc) is 3.52. The Balaban J connectivity index is 1.40. The van der Waals surface area contributed by atoms with Crippen molar-refractivity contribution in [1.29, 1.82) is 0 Å². The molecule has 38 heavy (non-hydrogen) atoms. The van der Waals surface area contributed by atoms with Crippen LogP contribution in [0, 0.1) is 6.92 Å². The molecule has 0 spiro atoms. The number of nitrogens with zero attached hydrogens (tertiary/aromatic N) is 6. The van der Waals surface area contributed by atoms with Crippen LogP contribution in [0.3, 0.4) is 0 Å². The van der Waals surface area contributed by atoms with E-state index < -0.39 is 5.91 Å². The van der Waals surface area contributed by atoms with Gasteiger partial charge in [-0.1, -0.05) is 18.2 Å². The predicted molar refractivity (Wildman–Crippen MR) is 143 cm³/mol. The number of nitrogens with two attached hydrogens (primary N) is 2. The topological polar surface area (TPSA) is 164 Å². The summed E-state index contributed by atoms with van der Waals surface area (Å²) in [5.41, 5.74) is 18.2. The zero-order valence-corrected chi connectivity index (χ0v) is 20.6. The number of ether oxygens (including phenoxy) is 1. The van der Waals surface area contributed by atoms with Gasteiger partial charge < -0.3 is 20.8 Å². The zero-order valence-electron chi connectivity index (χ0n) is 20.6. The van der Waals surface area contributed by atoms with Gasteiger partial charge in [0.25, 0.3) is 5.91 Å². The first-order valence-corrected chi connectivity index (χ1v) is 11.8. The molecule has 0 atom stereocenters. The van der Waals surface area contributed by atoms with Gasteiger partial charge in [-0.2, -0.15) is 10.1 Å². The molecule has 2 aromatic carbocycles. The lowest BCUT2D eigenvalue weighted by atomic mass is 9.94. The van der Waals surface area contributed by atoms with Crippen LogP contribution in [0.5, 0.6) is 6.01 Å². The van der Waals surface area contributed by atoms with E-state index in [1.165, 1.54) is 0 Å². The highest BCUT2D eigenvalue weighted by Crippen LogP contribution is 2.37. The summed E-state index contributed by atoms with van der Waals surface area (Å²) in [4.78, 5) is 30.2. The largest absolute Gasteiger partial charge is 0.455 e. The summed E-state index contributed by atoms with van der Waals surface area (Å²) < 4.78 is 7.85. The number of pyridine rings is 1. The molecular weight excluding hydrogens is 482 g/mol. The van der Waals surface area contributed by atoms with Crippen LogP contribution in [0.2, 0.25) is 0 Å². The van der Waals surface area contributed by atoms with Crippen LogP contribution in [0.15, 0.2) is 60.9 Å². The van der Waals surface area contributed by atoms with E-state index >= 15 is 0 Å². The molecule has 0 saturated heterocycles. The lowest BCUT2D eigenvalue weighted by molar-refractivity contribution is 0.0996. The summed E-state index contributed by atoms with van der Waals surface area (Å²) in [5.74, 6) is -0.0113. The smallest absolute Gasteiger partial charge is 0.317 e. The van der Waals surface area contributed by atoms with Crippen molar-refractivity contribution in [1.82, 2.24) is 34.7 Å². The summed E-state index contributed by atoms with van der Waals surface area (Å²) in [6.45, 7) is 2.13. The van der Waals surface area contributed by atoms with E-state index in [0.29, 0.717) is 17.0 Å². The number of fused-ring (bicyclic) bond motifs is 2. The van der Waals surface area contributed by atoms with Gasteiger partial charge in [-0.05, 0) is 48.4 Å². The van der Waals surface area contributed by atoms with Gasteiger partial charge in [-0.15, -0.1) is 0 Å². The molecule has 1 amide bonds. The Kier molecular flexibility index (Phi) is 5.45. The molecule has 0 aliphatic heterocycles. The Hall–Kier alpha value is -5.32. The maximum absolute atomic E-state index is 12.3. The second kappa shape index (κ2) is 8.96. The third-order valence-electron chi connectivity index (χ3n) is 6.50. The number of para-hydroxylation sites is 2. The van der Waals surface area contributed by atoms with Crippen molar-refractivity contribution in [3.8, 4) is 28.5 Å². The van der Waals surface area contributed by atoms with Gasteiger partial charge in [0, 0.05) is 24.2 Å². The minimum Gasteiger partial charge on any atom is -0.455 e. The minimum atomic E-state index is -0.741. The first kappa shape index (κ1) is 23.1. The van der Waals surface area contributed by atoms with Crippen LogP contribution in [-0.2, 0) is 13.7 Å². The minimum absolute atomic E-state index is 0.0434. The summed E-state index contributed by atoms with van der Waals surface area (Å²) in [6.07, 6.45) is 3.29. The Morgan fingerprint density at radius 2 is 1.92 bits per heavy atom. The van der Waals surface area contributed by atoms with Crippen molar-refractivity contribution in [3.05, 3.63) is 78.0 Å². The molecule has 188 valence electrons. The third kappa shape index (κ3) is 3.86. The molecule has 11 heteroatoms. The second-order valence-electron chi connectivity index (χ2n) is 8.86. The molecule has 0 unspecified atom stereocenters. The number of carbonyl (C=O) groups excluding carboxylic acids is 1. The van der Waals surface area contributed by atoms with Crippen LogP contribution in [0.1, 0.15) is 21.9 Å². The maximum atomic E-state index is 12.3. The van der Waals surface area contributed by atoms with Crippen LogP contribution in [0.4, 0.5) is 5.69 Å². The molecule has 5 N–H and O–H groups in total. The molecule has 4 heterocycles. The molecule has 0 fully saturated rings. The number of nitrogen functional groups attached to an aromatic ring is 1. The first-order valence-electron chi connectivity index (χ1n) is 11.8. The van der Waals surface area contributed by atoms with E-state index in [2.05, 4.69) is 30.1 Å². The molecule has 6 rings (SSSR count). The highest BCUT2D eigenvalue weighted by molar-refractivity contribution is 6.05. The Labute approximate surface area is 216 Å². The molecule has 4 aromatic heterocycles. The number of anilines is 1. The predicted octanol–water partition coefficient (Wildman–Crippen LogP) is 3.54. The van der Waals surface area contributed by atoms with Crippen LogP contribution in [0.25, 0.3) is 44.5 Å². The van der Waals surface area contributed by atoms with Gasteiger partial charge in [0.2, 0.25) is 0 Å². The number of H-pyrrole nitrogens is 1. The third-order valence-corrected chi connectivity index (χ3v) is 6.50. The van der Waals surface area contributed by atoms with Crippen LogP contribution < -0.4 is 16.2 Å². The van der Waals surface area contributed by atoms with Gasteiger partial charge in [-0.25, -0.2) is 15.0 Å². The number of hydrogen-bond donors (Lipinski definition) is 3. The number of benzene rings is 2. The highest BCUT2D eigenvalue weighted by atomic mass is 16.5. The number of imidazole rings is 1. The van der Waals surface area contributed by atoms with Gasteiger partial charge in [0.05, 0.1) is 39.8 Å².